The van der Waals surface area contributed by atoms with E-state index in [4.69, 9.17) is 9.47 Å². The first kappa shape index (κ1) is 28.0. The predicted molar refractivity (Wildman–Crippen MR) is 152 cm³/mol. The Balaban J connectivity index is 1.89. The van der Waals surface area contributed by atoms with Gasteiger partial charge in [0.15, 0.2) is 0 Å². The fourth-order valence-electron chi connectivity index (χ4n) is 3.70. The zero-order valence-corrected chi connectivity index (χ0v) is 23.7. The highest BCUT2D eigenvalue weighted by atomic mass is 32.2. The normalized spacial score (nSPS) is 11.8. The summed E-state index contributed by atoms with van der Waals surface area (Å²) in [5.41, 5.74) is -0.581. The lowest BCUT2D eigenvalue weighted by atomic mass is 10.1. The van der Waals surface area contributed by atoms with E-state index in [0.29, 0.717) is 16.3 Å². The Hall–Kier alpha value is -4.05. The number of anilines is 1. The molecule has 2 aromatic carbocycles. The number of aromatic nitrogens is 3. The van der Waals surface area contributed by atoms with E-state index in [9.17, 15) is 14.4 Å². The Labute approximate surface area is 231 Å². The summed E-state index contributed by atoms with van der Waals surface area (Å²) in [4.78, 5) is 49.1. The van der Waals surface area contributed by atoms with Crippen LogP contribution in [0.2, 0.25) is 0 Å². The van der Waals surface area contributed by atoms with E-state index in [1.165, 1.54) is 16.2 Å². The maximum atomic E-state index is 13.9. The predicted octanol–water partition coefficient (Wildman–Crippen LogP) is 6.66. The number of imide groups is 1. The van der Waals surface area contributed by atoms with Gasteiger partial charge in [0.2, 0.25) is 5.78 Å². The van der Waals surface area contributed by atoms with Crippen LogP contribution in [0.1, 0.15) is 47.1 Å². The van der Waals surface area contributed by atoms with Gasteiger partial charge in [-0.25, -0.2) is 14.6 Å². The molecule has 4 rings (SSSR count). The molecule has 4 aromatic rings. The molecule has 0 aliphatic carbocycles. The summed E-state index contributed by atoms with van der Waals surface area (Å²) in [6, 6.07) is 18.7. The molecule has 1 N–H and O–H groups in total. The standard InChI is InChI=1S/C29H32N4O5S/c1-28(2,3)37-26(35)33(27(36)38-29(4,5)6)23-22(20-15-11-8-12-16-20)24(34)32-17-21(30-25(32)31-23)39-18-19-13-9-7-10-14-19/h7-17H,18H2,1-6H3,(H,30,31). The van der Waals surface area contributed by atoms with Crippen molar-refractivity contribution in [3.63, 3.8) is 0 Å². The number of benzene rings is 2. The lowest BCUT2D eigenvalue weighted by Gasteiger charge is -2.29. The molecular formula is C29H32N4O5S. The SMILES string of the molecule is CC(C)(C)OC(=O)N(C(=O)OC(C)(C)C)c1[nH]c2nc(SCc3ccccc3)cn2c(=O)c1-c1ccccc1. The number of amides is 2. The second-order valence-corrected chi connectivity index (χ2v) is 11.9. The van der Waals surface area contributed by atoms with E-state index in [0.717, 1.165) is 10.5 Å². The third-order valence-corrected chi connectivity index (χ3v) is 6.22. The fraction of sp³-hybridized carbons (Fsp3) is 0.310. The number of carbonyl (C=O) groups excluding carboxylic acids is 2. The first-order valence-electron chi connectivity index (χ1n) is 12.5. The molecule has 0 saturated heterocycles. The van der Waals surface area contributed by atoms with Gasteiger partial charge in [0.05, 0.1) is 5.56 Å². The molecule has 0 aliphatic heterocycles. The number of hydrogen-bond acceptors (Lipinski definition) is 7. The molecule has 2 heterocycles. The van der Waals surface area contributed by atoms with Crippen molar-refractivity contribution in [2.75, 3.05) is 4.90 Å². The van der Waals surface area contributed by atoms with Crippen molar-refractivity contribution in [2.45, 2.75) is 63.5 Å². The molecular weight excluding hydrogens is 516 g/mol. The largest absolute Gasteiger partial charge is 0.443 e. The van der Waals surface area contributed by atoms with E-state index in [-0.39, 0.29) is 17.2 Å². The van der Waals surface area contributed by atoms with Crippen molar-refractivity contribution >= 4 is 35.5 Å². The summed E-state index contributed by atoms with van der Waals surface area (Å²) in [6.07, 6.45) is -0.332. The number of nitrogens with zero attached hydrogens (tertiary/aromatic N) is 3. The van der Waals surface area contributed by atoms with Crippen LogP contribution in [0.3, 0.4) is 0 Å². The number of rotatable bonds is 5. The molecule has 39 heavy (non-hydrogen) atoms. The highest BCUT2D eigenvalue weighted by molar-refractivity contribution is 7.98. The van der Waals surface area contributed by atoms with Crippen LogP contribution in [0.25, 0.3) is 16.9 Å². The molecule has 0 spiro atoms. The second kappa shape index (κ2) is 11.0. The number of thioether (sulfide) groups is 1. The van der Waals surface area contributed by atoms with Gasteiger partial charge >= 0.3 is 12.2 Å². The molecule has 0 radical (unpaired) electrons. The lowest BCUT2D eigenvalue weighted by molar-refractivity contribution is 0.0429. The van der Waals surface area contributed by atoms with Crippen LogP contribution in [0.5, 0.6) is 0 Å². The van der Waals surface area contributed by atoms with Gasteiger partial charge in [-0.05, 0) is 52.7 Å². The van der Waals surface area contributed by atoms with Crippen molar-refractivity contribution in [1.29, 1.82) is 0 Å². The van der Waals surface area contributed by atoms with Crippen LogP contribution in [0.4, 0.5) is 15.4 Å². The third-order valence-electron chi connectivity index (χ3n) is 5.25. The zero-order valence-electron chi connectivity index (χ0n) is 22.8. The number of imidazole rings is 1. The number of hydrogen-bond donors (Lipinski definition) is 1. The smallest absolute Gasteiger partial charge is 0.425 e. The first-order chi connectivity index (χ1) is 18.3. The number of nitrogens with one attached hydrogen (secondary N) is 1. The number of aromatic amines is 1. The van der Waals surface area contributed by atoms with Crippen molar-refractivity contribution in [3.8, 4) is 11.1 Å². The molecule has 0 atom stereocenters. The molecule has 0 fully saturated rings. The van der Waals surface area contributed by atoms with E-state index >= 15 is 0 Å². The number of fused-ring (bicyclic) bond motifs is 1. The molecule has 2 aromatic heterocycles. The third kappa shape index (κ3) is 6.88. The maximum Gasteiger partial charge on any atom is 0.425 e. The molecule has 0 bridgehead atoms. The quantitative estimate of drug-likeness (QED) is 0.278. The minimum atomic E-state index is -0.987. The zero-order chi connectivity index (χ0) is 28.4. The Kier molecular flexibility index (Phi) is 7.87. The Morgan fingerprint density at radius 2 is 1.44 bits per heavy atom. The van der Waals surface area contributed by atoms with Gasteiger partial charge in [-0.2, -0.15) is 4.90 Å². The van der Waals surface area contributed by atoms with E-state index in [1.54, 1.807) is 72.0 Å². The fourth-order valence-corrected chi connectivity index (χ4v) is 4.54. The molecule has 0 aliphatic rings. The van der Waals surface area contributed by atoms with Gasteiger partial charge in [-0.15, -0.1) is 11.8 Å². The second-order valence-electron chi connectivity index (χ2n) is 10.9. The number of ether oxygens (including phenoxy) is 2. The summed E-state index contributed by atoms with van der Waals surface area (Å²) < 4.78 is 12.5. The highest BCUT2D eigenvalue weighted by Gasteiger charge is 2.36. The molecule has 2 amide bonds. The van der Waals surface area contributed by atoms with Gasteiger partial charge in [0.25, 0.3) is 5.56 Å². The van der Waals surface area contributed by atoms with Crippen molar-refractivity contribution in [2.24, 2.45) is 0 Å². The van der Waals surface area contributed by atoms with Crippen LogP contribution in [-0.4, -0.2) is 37.8 Å². The van der Waals surface area contributed by atoms with Gasteiger partial charge in [-0.1, -0.05) is 60.7 Å². The van der Waals surface area contributed by atoms with E-state index < -0.39 is 28.9 Å². The van der Waals surface area contributed by atoms with E-state index in [2.05, 4.69) is 9.97 Å². The van der Waals surface area contributed by atoms with E-state index in [1.807, 2.05) is 36.4 Å². The Morgan fingerprint density at radius 3 is 1.97 bits per heavy atom. The Morgan fingerprint density at radius 1 is 0.897 bits per heavy atom. The monoisotopic (exact) mass is 548 g/mol. The van der Waals surface area contributed by atoms with Crippen LogP contribution in [0, 0.1) is 0 Å². The maximum absolute atomic E-state index is 13.9. The summed E-state index contributed by atoms with van der Waals surface area (Å²) in [6.45, 7) is 10.1. The van der Waals surface area contributed by atoms with Crippen LogP contribution >= 0.6 is 11.8 Å². The molecule has 10 heteroatoms. The van der Waals surface area contributed by atoms with Gasteiger partial charge in [0.1, 0.15) is 22.0 Å². The van der Waals surface area contributed by atoms with Crippen molar-refractivity contribution < 1.29 is 19.1 Å². The van der Waals surface area contributed by atoms with Gasteiger partial charge < -0.3 is 14.5 Å². The molecule has 204 valence electrons. The minimum absolute atomic E-state index is 0.0904. The first-order valence-corrected chi connectivity index (χ1v) is 13.4. The van der Waals surface area contributed by atoms with Crippen molar-refractivity contribution in [1.82, 2.24) is 14.4 Å². The molecule has 9 nitrogen and oxygen atoms in total. The van der Waals surface area contributed by atoms with Crippen LogP contribution in [0.15, 0.2) is 76.7 Å². The summed E-state index contributed by atoms with van der Waals surface area (Å²) in [5, 5.41) is 0.601. The van der Waals surface area contributed by atoms with Gasteiger partial charge in [-0.3, -0.25) is 9.20 Å². The van der Waals surface area contributed by atoms with Crippen LogP contribution < -0.4 is 10.5 Å². The number of carbonyl (C=O) groups is 2. The van der Waals surface area contributed by atoms with Crippen LogP contribution in [-0.2, 0) is 15.2 Å². The number of H-pyrrole nitrogens is 1. The van der Waals surface area contributed by atoms with Gasteiger partial charge in [0, 0.05) is 11.9 Å². The summed E-state index contributed by atoms with van der Waals surface area (Å²) in [5.74, 6) is 0.731. The molecule has 0 unspecified atom stereocenters. The molecule has 0 saturated carbocycles. The minimum Gasteiger partial charge on any atom is -0.443 e. The van der Waals surface area contributed by atoms with Crippen molar-refractivity contribution in [3.05, 3.63) is 82.8 Å². The highest BCUT2D eigenvalue weighted by Crippen LogP contribution is 2.30. The average molecular weight is 549 g/mol. The topological polar surface area (TPSA) is 106 Å². The summed E-state index contributed by atoms with van der Waals surface area (Å²) >= 11 is 1.46. The lowest BCUT2D eigenvalue weighted by Crippen LogP contribution is -2.45. The summed E-state index contributed by atoms with van der Waals surface area (Å²) in [7, 11) is 0. The average Bonchev–Trinajstić information content (AvgIpc) is 3.25. The Bertz CT molecular complexity index is 1510.